The summed E-state index contributed by atoms with van der Waals surface area (Å²) in [5, 5.41) is 9.11. The Hall–Kier alpha value is -2.90. The highest BCUT2D eigenvalue weighted by atomic mass is 16.5. The highest BCUT2D eigenvalue weighted by molar-refractivity contribution is 5.89. The lowest BCUT2D eigenvalue weighted by Gasteiger charge is -2.11. The van der Waals surface area contributed by atoms with Crippen LogP contribution in [0, 0.1) is 20.8 Å². The van der Waals surface area contributed by atoms with Gasteiger partial charge in [-0.1, -0.05) is 5.16 Å². The molecule has 0 atom stereocenters. The van der Waals surface area contributed by atoms with Crippen molar-refractivity contribution in [3.63, 3.8) is 0 Å². The number of rotatable bonds is 4. The molecule has 0 saturated heterocycles. The second-order valence-electron chi connectivity index (χ2n) is 5.45. The van der Waals surface area contributed by atoms with Crippen LogP contribution < -0.4 is 10.9 Å². The van der Waals surface area contributed by atoms with E-state index in [1.165, 1.54) is 6.07 Å². The van der Waals surface area contributed by atoms with Crippen molar-refractivity contribution >= 4 is 17.4 Å². The minimum atomic E-state index is -0.198. The molecule has 0 spiro atoms. The van der Waals surface area contributed by atoms with Crippen molar-refractivity contribution in [1.29, 1.82) is 0 Å². The van der Waals surface area contributed by atoms with Gasteiger partial charge in [0.1, 0.15) is 5.76 Å². The molecule has 0 unspecified atom stereocenters. The molecule has 3 aromatic rings. The summed E-state index contributed by atoms with van der Waals surface area (Å²) in [4.78, 5) is 27.8. The molecule has 0 radical (unpaired) electrons. The minimum absolute atomic E-state index is 0.154. The Morgan fingerprint density at radius 3 is 2.83 bits per heavy atom. The zero-order valence-corrected chi connectivity index (χ0v) is 13.1. The second-order valence-corrected chi connectivity index (χ2v) is 5.45. The Morgan fingerprint density at radius 2 is 2.13 bits per heavy atom. The third kappa shape index (κ3) is 3.01. The Bertz CT molecular complexity index is 934. The number of aryl methyl sites for hydroxylation is 3. The van der Waals surface area contributed by atoms with Gasteiger partial charge in [-0.05, 0) is 32.8 Å². The number of anilines is 1. The highest BCUT2D eigenvalue weighted by Crippen LogP contribution is 2.16. The third-order valence-corrected chi connectivity index (χ3v) is 3.70. The van der Waals surface area contributed by atoms with Crippen LogP contribution in [0.2, 0.25) is 0 Å². The molecule has 0 aliphatic carbocycles. The molecule has 120 valence electrons. The average molecular weight is 315 g/mol. The number of hydrogen-bond acceptors (Lipinski definition) is 5. The molecule has 2 N–H and O–H groups in total. The third-order valence-electron chi connectivity index (χ3n) is 3.70. The first-order valence-corrected chi connectivity index (χ1v) is 7.25. The first-order valence-electron chi connectivity index (χ1n) is 7.25. The summed E-state index contributed by atoms with van der Waals surface area (Å²) in [7, 11) is 0. The average Bonchev–Trinajstić information content (AvgIpc) is 3.04. The maximum atomic E-state index is 12.0. The van der Waals surface area contributed by atoms with E-state index in [0.717, 1.165) is 17.0 Å². The smallest absolute Gasteiger partial charge is 0.266 e. The second kappa shape index (κ2) is 5.71. The van der Waals surface area contributed by atoms with Gasteiger partial charge in [0.2, 0.25) is 5.91 Å². The van der Waals surface area contributed by atoms with Gasteiger partial charge in [0.25, 0.3) is 5.56 Å². The fourth-order valence-corrected chi connectivity index (χ4v) is 2.59. The molecule has 1 amide bonds. The monoisotopic (exact) mass is 315 g/mol. The van der Waals surface area contributed by atoms with Crippen molar-refractivity contribution in [3.05, 3.63) is 45.2 Å². The topological polar surface area (TPSA) is 105 Å². The largest absolute Gasteiger partial charge is 0.360 e. The number of carbonyl (C=O) groups excluding carboxylic acids is 1. The minimum Gasteiger partial charge on any atom is -0.360 e. The molecule has 3 heterocycles. The Morgan fingerprint density at radius 1 is 1.35 bits per heavy atom. The zero-order chi connectivity index (χ0) is 16.6. The maximum absolute atomic E-state index is 12.0. The number of nitrogens with one attached hydrogen (secondary N) is 2. The summed E-state index contributed by atoms with van der Waals surface area (Å²) in [6.07, 6.45) is 0.801. The van der Waals surface area contributed by atoms with Gasteiger partial charge >= 0.3 is 0 Å². The van der Waals surface area contributed by atoms with Gasteiger partial charge in [0.15, 0.2) is 11.5 Å². The predicted molar refractivity (Wildman–Crippen MR) is 83.5 cm³/mol. The van der Waals surface area contributed by atoms with Gasteiger partial charge < -0.3 is 9.84 Å². The summed E-state index contributed by atoms with van der Waals surface area (Å²) in [5.41, 5.74) is 3.01. The first-order chi connectivity index (χ1) is 10.9. The van der Waals surface area contributed by atoms with Gasteiger partial charge in [-0.3, -0.25) is 14.7 Å². The van der Waals surface area contributed by atoms with Crippen LogP contribution in [0.1, 0.15) is 29.1 Å². The summed E-state index contributed by atoms with van der Waals surface area (Å²) in [6.45, 7) is 5.53. The predicted octanol–water partition coefficient (Wildman–Crippen LogP) is 1.51. The SMILES string of the molecule is Cc1cc(NC(=O)CCc2c(C)nc3cc(=O)[nH]n3c2C)no1. The van der Waals surface area contributed by atoms with Crippen molar-refractivity contribution in [2.45, 2.75) is 33.6 Å². The van der Waals surface area contributed by atoms with E-state index in [-0.39, 0.29) is 17.9 Å². The summed E-state index contributed by atoms with van der Waals surface area (Å²) >= 11 is 0. The molecule has 8 heteroatoms. The van der Waals surface area contributed by atoms with Crippen molar-refractivity contribution in [3.8, 4) is 0 Å². The van der Waals surface area contributed by atoms with Gasteiger partial charge in [-0.15, -0.1) is 0 Å². The first kappa shape index (κ1) is 15.0. The molecule has 0 aliphatic rings. The van der Waals surface area contributed by atoms with E-state index in [1.807, 2.05) is 13.8 Å². The van der Waals surface area contributed by atoms with E-state index in [2.05, 4.69) is 20.6 Å². The lowest BCUT2D eigenvalue weighted by atomic mass is 10.1. The molecule has 23 heavy (non-hydrogen) atoms. The van der Waals surface area contributed by atoms with E-state index in [0.29, 0.717) is 23.6 Å². The van der Waals surface area contributed by atoms with Crippen LogP contribution in [0.3, 0.4) is 0 Å². The van der Waals surface area contributed by atoms with E-state index in [1.54, 1.807) is 17.5 Å². The molecule has 0 aliphatic heterocycles. The van der Waals surface area contributed by atoms with Gasteiger partial charge in [0, 0.05) is 29.9 Å². The fourth-order valence-electron chi connectivity index (χ4n) is 2.59. The van der Waals surface area contributed by atoms with Crippen LogP contribution in [0.4, 0.5) is 5.82 Å². The highest BCUT2D eigenvalue weighted by Gasteiger charge is 2.13. The van der Waals surface area contributed by atoms with Crippen LogP contribution in [0.25, 0.3) is 5.65 Å². The summed E-state index contributed by atoms with van der Waals surface area (Å²) < 4.78 is 6.55. The van der Waals surface area contributed by atoms with Crippen molar-refractivity contribution in [2.75, 3.05) is 5.32 Å². The Balaban J connectivity index is 1.76. The van der Waals surface area contributed by atoms with E-state index < -0.39 is 0 Å². The van der Waals surface area contributed by atoms with Crippen LogP contribution in [0.5, 0.6) is 0 Å². The number of carbonyl (C=O) groups is 1. The molecular formula is C15H17N5O3. The molecular weight excluding hydrogens is 298 g/mol. The zero-order valence-electron chi connectivity index (χ0n) is 13.1. The lowest BCUT2D eigenvalue weighted by Crippen LogP contribution is -2.14. The molecule has 0 saturated carbocycles. The van der Waals surface area contributed by atoms with Crippen LogP contribution in [-0.4, -0.2) is 25.7 Å². The Kier molecular flexibility index (Phi) is 3.73. The summed E-state index contributed by atoms with van der Waals surface area (Å²) in [5.74, 6) is 0.889. The van der Waals surface area contributed by atoms with Crippen molar-refractivity contribution in [1.82, 2.24) is 19.8 Å². The van der Waals surface area contributed by atoms with Crippen molar-refractivity contribution in [2.24, 2.45) is 0 Å². The number of hydrogen-bond donors (Lipinski definition) is 2. The van der Waals surface area contributed by atoms with Crippen LogP contribution >= 0.6 is 0 Å². The lowest BCUT2D eigenvalue weighted by molar-refractivity contribution is -0.116. The van der Waals surface area contributed by atoms with Gasteiger partial charge in [-0.2, -0.15) is 0 Å². The molecule has 3 aromatic heterocycles. The number of amides is 1. The molecule has 3 rings (SSSR count). The van der Waals surface area contributed by atoms with Crippen molar-refractivity contribution < 1.29 is 9.32 Å². The standard InChI is InChI=1S/C15H17N5O3/c1-8-6-12(19-23-8)17-14(21)5-4-11-9(2)16-13-7-15(22)18-20(13)10(11)3/h6-7H,4-5H2,1-3H3,(H,18,22)(H,17,19,21). The van der Waals surface area contributed by atoms with E-state index in [9.17, 15) is 9.59 Å². The maximum Gasteiger partial charge on any atom is 0.266 e. The quantitative estimate of drug-likeness (QED) is 0.759. The van der Waals surface area contributed by atoms with Crippen LogP contribution in [-0.2, 0) is 11.2 Å². The fraction of sp³-hybridized carbons (Fsp3) is 0.333. The normalized spacial score (nSPS) is 11.1. The van der Waals surface area contributed by atoms with E-state index >= 15 is 0 Å². The van der Waals surface area contributed by atoms with Gasteiger partial charge in [-0.25, -0.2) is 9.50 Å². The molecule has 0 fully saturated rings. The number of aromatic nitrogens is 4. The molecule has 0 aromatic carbocycles. The van der Waals surface area contributed by atoms with E-state index in [4.69, 9.17) is 4.52 Å². The molecule has 8 nitrogen and oxygen atoms in total. The summed E-state index contributed by atoms with van der Waals surface area (Å²) in [6, 6.07) is 3.11. The Labute approximate surface area is 131 Å². The number of aromatic amines is 1. The number of nitrogens with zero attached hydrogens (tertiary/aromatic N) is 3. The molecule has 0 bridgehead atoms. The van der Waals surface area contributed by atoms with Gasteiger partial charge in [0.05, 0.1) is 0 Å². The number of H-pyrrole nitrogens is 1. The number of fused-ring (bicyclic) bond motifs is 1. The van der Waals surface area contributed by atoms with Crippen LogP contribution in [0.15, 0.2) is 21.5 Å².